The summed E-state index contributed by atoms with van der Waals surface area (Å²) in [5.74, 6) is 0.0852. The molecule has 25 heavy (non-hydrogen) atoms. The lowest BCUT2D eigenvalue weighted by Gasteiger charge is -2.11. The Morgan fingerprint density at radius 1 is 1.24 bits per heavy atom. The van der Waals surface area contributed by atoms with Crippen LogP contribution in [0.1, 0.15) is 32.4 Å². The van der Waals surface area contributed by atoms with Gasteiger partial charge in [-0.05, 0) is 44.0 Å². The first-order valence-corrected chi connectivity index (χ1v) is 9.39. The van der Waals surface area contributed by atoms with E-state index in [0.29, 0.717) is 12.8 Å². The largest absolute Gasteiger partial charge is 0.354 e. The molecule has 130 valence electrons. The molecule has 4 nitrogen and oxygen atoms in total. The highest BCUT2D eigenvalue weighted by molar-refractivity contribution is 9.10. The number of pyridine rings is 1. The fraction of sp³-hybridized carbons (Fsp3) is 0.300. The third-order valence-corrected chi connectivity index (χ3v) is 4.88. The summed E-state index contributed by atoms with van der Waals surface area (Å²) in [6.07, 6.45) is 4.05. The third-order valence-electron chi connectivity index (χ3n) is 4.36. The molecule has 1 atom stereocenters. The predicted molar refractivity (Wildman–Crippen MR) is 105 cm³/mol. The van der Waals surface area contributed by atoms with Crippen LogP contribution in [0.4, 0.5) is 0 Å². The van der Waals surface area contributed by atoms with Gasteiger partial charge in [0, 0.05) is 28.7 Å². The van der Waals surface area contributed by atoms with E-state index >= 15 is 0 Å². The molecular formula is C20H22BrN3O. The first-order chi connectivity index (χ1) is 12.1. The van der Waals surface area contributed by atoms with Crippen LogP contribution in [-0.2, 0) is 11.2 Å². The summed E-state index contributed by atoms with van der Waals surface area (Å²) in [6.45, 7) is 4.10. The maximum Gasteiger partial charge on any atom is 0.220 e. The maximum absolute atomic E-state index is 12.2. The third kappa shape index (κ3) is 4.10. The molecule has 0 radical (unpaired) electrons. The van der Waals surface area contributed by atoms with Crippen molar-refractivity contribution < 1.29 is 4.79 Å². The molecule has 0 aliphatic heterocycles. The summed E-state index contributed by atoms with van der Waals surface area (Å²) in [6, 6.07) is 14.3. The van der Waals surface area contributed by atoms with Gasteiger partial charge in [-0.25, -0.2) is 4.98 Å². The average molecular weight is 400 g/mol. The van der Waals surface area contributed by atoms with Crippen molar-refractivity contribution in [1.82, 2.24) is 14.7 Å². The van der Waals surface area contributed by atoms with Gasteiger partial charge in [-0.2, -0.15) is 0 Å². The summed E-state index contributed by atoms with van der Waals surface area (Å²) in [5.41, 5.74) is 3.97. The monoisotopic (exact) mass is 399 g/mol. The van der Waals surface area contributed by atoms with Crippen molar-refractivity contribution >= 4 is 27.5 Å². The Balaban J connectivity index is 1.91. The van der Waals surface area contributed by atoms with E-state index in [1.807, 2.05) is 43.5 Å². The van der Waals surface area contributed by atoms with Crippen LogP contribution in [0.15, 0.2) is 53.1 Å². The number of benzene rings is 1. The van der Waals surface area contributed by atoms with Gasteiger partial charge in [0.05, 0.1) is 11.4 Å². The van der Waals surface area contributed by atoms with Crippen molar-refractivity contribution in [2.75, 3.05) is 0 Å². The average Bonchev–Trinajstić information content (AvgIpc) is 2.99. The molecule has 2 heterocycles. The number of rotatable bonds is 6. The smallest absolute Gasteiger partial charge is 0.220 e. The topological polar surface area (TPSA) is 46.4 Å². The minimum Gasteiger partial charge on any atom is -0.354 e. The van der Waals surface area contributed by atoms with Crippen molar-refractivity contribution in [2.24, 2.45) is 0 Å². The van der Waals surface area contributed by atoms with Crippen LogP contribution >= 0.6 is 15.9 Å². The number of nitrogens with one attached hydrogen (secondary N) is 1. The minimum absolute atomic E-state index is 0.0852. The number of amides is 1. The number of carbonyl (C=O) groups is 1. The van der Waals surface area contributed by atoms with Crippen LogP contribution < -0.4 is 5.32 Å². The summed E-state index contributed by atoms with van der Waals surface area (Å²) in [5, 5.41) is 3.03. The van der Waals surface area contributed by atoms with Gasteiger partial charge in [0.15, 0.2) is 0 Å². The number of aryl methyl sites for hydroxylation is 1. The highest BCUT2D eigenvalue weighted by atomic mass is 79.9. The molecule has 1 aromatic carbocycles. The van der Waals surface area contributed by atoms with Gasteiger partial charge in [0.1, 0.15) is 5.65 Å². The van der Waals surface area contributed by atoms with Crippen LogP contribution in [0.5, 0.6) is 0 Å². The van der Waals surface area contributed by atoms with Gasteiger partial charge in [0.25, 0.3) is 0 Å². The predicted octanol–water partition coefficient (Wildman–Crippen LogP) is 4.61. The second-order valence-electron chi connectivity index (χ2n) is 6.22. The SMILES string of the molecule is CCC(C)NC(=O)CCc1c(-c2ccc(Br)cc2)nc2ccccn12. The lowest BCUT2D eigenvalue weighted by Crippen LogP contribution is -2.32. The number of nitrogens with zero attached hydrogens (tertiary/aromatic N) is 2. The van der Waals surface area contributed by atoms with E-state index < -0.39 is 0 Å². The fourth-order valence-electron chi connectivity index (χ4n) is 2.81. The molecule has 0 saturated carbocycles. The summed E-state index contributed by atoms with van der Waals surface area (Å²) in [7, 11) is 0. The van der Waals surface area contributed by atoms with Crippen molar-refractivity contribution in [3.8, 4) is 11.3 Å². The van der Waals surface area contributed by atoms with Gasteiger partial charge >= 0.3 is 0 Å². The van der Waals surface area contributed by atoms with E-state index in [1.165, 1.54) is 0 Å². The number of fused-ring (bicyclic) bond motifs is 1. The Bertz CT molecular complexity index is 870. The summed E-state index contributed by atoms with van der Waals surface area (Å²) < 4.78 is 3.11. The van der Waals surface area contributed by atoms with Gasteiger partial charge in [-0.3, -0.25) is 4.79 Å². The zero-order chi connectivity index (χ0) is 17.8. The lowest BCUT2D eigenvalue weighted by molar-refractivity contribution is -0.121. The van der Waals surface area contributed by atoms with Gasteiger partial charge in [0.2, 0.25) is 5.91 Å². The molecule has 5 heteroatoms. The maximum atomic E-state index is 12.2. The molecule has 0 saturated heterocycles. The van der Waals surface area contributed by atoms with Gasteiger partial charge in [-0.1, -0.05) is 41.1 Å². The van der Waals surface area contributed by atoms with E-state index in [2.05, 4.69) is 44.7 Å². The number of hydrogen-bond acceptors (Lipinski definition) is 2. The zero-order valence-electron chi connectivity index (χ0n) is 14.5. The second-order valence-corrected chi connectivity index (χ2v) is 7.14. The van der Waals surface area contributed by atoms with Crippen molar-refractivity contribution in [3.63, 3.8) is 0 Å². The molecule has 0 spiro atoms. The van der Waals surface area contributed by atoms with E-state index in [0.717, 1.165) is 33.5 Å². The highest BCUT2D eigenvalue weighted by Gasteiger charge is 2.15. The van der Waals surface area contributed by atoms with Crippen LogP contribution in [0, 0.1) is 0 Å². The van der Waals surface area contributed by atoms with Gasteiger partial charge in [-0.15, -0.1) is 0 Å². The molecule has 1 amide bonds. The van der Waals surface area contributed by atoms with E-state index in [4.69, 9.17) is 4.98 Å². The number of hydrogen-bond donors (Lipinski definition) is 1. The molecule has 3 aromatic rings. The number of aromatic nitrogens is 2. The van der Waals surface area contributed by atoms with E-state index in [-0.39, 0.29) is 11.9 Å². The number of halogens is 1. The van der Waals surface area contributed by atoms with Crippen LogP contribution in [0.25, 0.3) is 16.9 Å². The van der Waals surface area contributed by atoms with Crippen molar-refractivity contribution in [2.45, 2.75) is 39.2 Å². The normalized spacial score (nSPS) is 12.3. The van der Waals surface area contributed by atoms with Crippen LogP contribution in [0.3, 0.4) is 0 Å². The van der Waals surface area contributed by atoms with E-state index in [9.17, 15) is 4.79 Å². The molecule has 1 N–H and O–H groups in total. The van der Waals surface area contributed by atoms with Crippen molar-refractivity contribution in [1.29, 1.82) is 0 Å². The van der Waals surface area contributed by atoms with Crippen LogP contribution in [0.2, 0.25) is 0 Å². The summed E-state index contributed by atoms with van der Waals surface area (Å²) in [4.78, 5) is 17.0. The standard InChI is InChI=1S/C20H22BrN3O/c1-3-14(2)22-19(25)12-11-17-20(15-7-9-16(21)10-8-15)23-18-6-4-5-13-24(17)18/h4-10,13-14H,3,11-12H2,1-2H3,(H,22,25). The molecular weight excluding hydrogens is 378 g/mol. The van der Waals surface area contributed by atoms with Gasteiger partial charge < -0.3 is 9.72 Å². The number of carbonyl (C=O) groups excluding carboxylic acids is 1. The molecule has 0 bridgehead atoms. The second kappa shape index (κ2) is 7.83. The Labute approximate surface area is 156 Å². The summed E-state index contributed by atoms with van der Waals surface area (Å²) >= 11 is 3.47. The Hall–Kier alpha value is -2.14. The molecule has 3 rings (SSSR count). The first-order valence-electron chi connectivity index (χ1n) is 8.59. The molecule has 0 aliphatic rings. The first kappa shape index (κ1) is 17.7. The van der Waals surface area contributed by atoms with E-state index in [1.54, 1.807) is 0 Å². The lowest BCUT2D eigenvalue weighted by atomic mass is 10.1. The molecule has 2 aromatic heterocycles. The minimum atomic E-state index is 0.0852. The molecule has 1 unspecified atom stereocenters. The van der Waals surface area contributed by atoms with Crippen LogP contribution in [-0.4, -0.2) is 21.3 Å². The number of imidazole rings is 1. The Kier molecular flexibility index (Phi) is 5.53. The molecule has 0 aliphatic carbocycles. The fourth-order valence-corrected chi connectivity index (χ4v) is 3.07. The Morgan fingerprint density at radius 2 is 2.00 bits per heavy atom. The van der Waals surface area contributed by atoms with Crippen molar-refractivity contribution in [3.05, 3.63) is 58.8 Å². The zero-order valence-corrected chi connectivity index (χ0v) is 16.1. The highest BCUT2D eigenvalue weighted by Crippen LogP contribution is 2.26. The Morgan fingerprint density at radius 3 is 2.72 bits per heavy atom. The molecule has 0 fully saturated rings. The quantitative estimate of drug-likeness (QED) is 0.657.